The van der Waals surface area contributed by atoms with E-state index >= 15 is 0 Å². The lowest BCUT2D eigenvalue weighted by molar-refractivity contribution is 0.573. The van der Waals surface area contributed by atoms with Crippen molar-refractivity contribution in [2.45, 2.75) is 0 Å². The molecule has 0 atom stereocenters. The summed E-state index contributed by atoms with van der Waals surface area (Å²) in [7, 11) is 0. The lowest BCUT2D eigenvalue weighted by Crippen LogP contribution is -2.20. The van der Waals surface area contributed by atoms with E-state index < -0.39 is 0 Å². The topological polar surface area (TPSA) is 97.3 Å². The molecule has 0 radical (unpaired) electrons. The molecule has 6 aromatic rings. The minimum absolute atomic E-state index is 0.267. The minimum atomic E-state index is -0.338. The molecule has 0 aliphatic carbocycles. The summed E-state index contributed by atoms with van der Waals surface area (Å²) in [6.07, 6.45) is 1.44. The van der Waals surface area contributed by atoms with Crippen LogP contribution in [0.5, 0.6) is 0 Å². The number of benzene rings is 3. The summed E-state index contributed by atoms with van der Waals surface area (Å²) in [5, 5.41) is 15.1. The van der Waals surface area contributed by atoms with Crippen molar-refractivity contribution in [2.75, 3.05) is 0 Å². The molecule has 172 valence electrons. The molecule has 3 aromatic heterocycles. The van der Waals surface area contributed by atoms with E-state index in [-0.39, 0.29) is 11.4 Å². The van der Waals surface area contributed by atoms with E-state index in [4.69, 9.17) is 8.83 Å². The Morgan fingerprint density at radius 3 is 2.67 bits per heavy atom. The Morgan fingerprint density at radius 2 is 1.78 bits per heavy atom. The number of aromatic nitrogens is 2. The molecule has 0 N–H and O–H groups in total. The Kier molecular flexibility index (Phi) is 5.32. The van der Waals surface area contributed by atoms with Crippen molar-refractivity contribution in [3.63, 3.8) is 0 Å². The zero-order valence-electron chi connectivity index (χ0n) is 18.6. The first-order valence-corrected chi connectivity index (χ1v) is 11.7. The van der Waals surface area contributed by atoms with Crippen molar-refractivity contribution in [1.29, 1.82) is 5.26 Å². The van der Waals surface area contributed by atoms with Crippen molar-refractivity contribution >= 4 is 44.0 Å². The van der Waals surface area contributed by atoms with Gasteiger partial charge in [-0.15, -0.1) is 0 Å². The zero-order valence-corrected chi connectivity index (χ0v) is 20.1. The summed E-state index contributed by atoms with van der Waals surface area (Å²) in [4.78, 5) is 18.1. The normalized spacial score (nSPS) is 11.4. The Bertz CT molecular complexity index is 1910. The van der Waals surface area contributed by atoms with Crippen molar-refractivity contribution < 1.29 is 8.83 Å². The van der Waals surface area contributed by atoms with Crippen LogP contribution in [0.1, 0.15) is 11.3 Å². The molecule has 0 saturated heterocycles. The number of nitriles is 1. The third-order valence-corrected chi connectivity index (χ3v) is 6.19. The van der Waals surface area contributed by atoms with Crippen molar-refractivity contribution in [3.8, 4) is 29.0 Å². The van der Waals surface area contributed by atoms with Crippen molar-refractivity contribution in [3.05, 3.63) is 111 Å². The van der Waals surface area contributed by atoms with Crippen molar-refractivity contribution in [1.82, 2.24) is 9.66 Å². The number of rotatable bonds is 4. The predicted octanol–water partition coefficient (Wildman–Crippen LogP) is 6.59. The van der Waals surface area contributed by atoms with Crippen LogP contribution in [0.4, 0.5) is 0 Å². The summed E-state index contributed by atoms with van der Waals surface area (Å²) in [5.41, 5.74) is 2.05. The van der Waals surface area contributed by atoms with E-state index in [1.54, 1.807) is 42.5 Å². The van der Waals surface area contributed by atoms with E-state index in [1.807, 2.05) is 42.5 Å². The molecule has 8 heteroatoms. The number of nitrogens with zero attached hydrogens (tertiary/aromatic N) is 4. The summed E-state index contributed by atoms with van der Waals surface area (Å²) in [6.45, 7) is 0. The van der Waals surface area contributed by atoms with Gasteiger partial charge >= 0.3 is 0 Å². The number of fused-ring (bicyclic) bond motifs is 2. The van der Waals surface area contributed by atoms with E-state index in [1.165, 1.54) is 10.9 Å². The number of halogens is 1. The van der Waals surface area contributed by atoms with Gasteiger partial charge in [-0.05, 0) is 60.7 Å². The fraction of sp³-hybridized carbons (Fsp3) is 0. The lowest BCUT2D eigenvalue weighted by atomic mass is 10.1. The first-order valence-electron chi connectivity index (χ1n) is 11.0. The second kappa shape index (κ2) is 8.80. The zero-order chi connectivity index (χ0) is 24.6. The quantitative estimate of drug-likeness (QED) is 0.238. The minimum Gasteiger partial charge on any atom is -0.455 e. The van der Waals surface area contributed by atoms with E-state index in [9.17, 15) is 10.1 Å². The molecule has 0 fully saturated rings. The van der Waals surface area contributed by atoms with Crippen LogP contribution < -0.4 is 5.56 Å². The third-order valence-electron chi connectivity index (χ3n) is 5.69. The highest BCUT2D eigenvalue weighted by Crippen LogP contribution is 2.29. The van der Waals surface area contributed by atoms with E-state index in [0.717, 1.165) is 9.86 Å². The van der Waals surface area contributed by atoms with Crippen LogP contribution in [0.15, 0.2) is 108 Å². The average molecular weight is 535 g/mol. The fourth-order valence-electron chi connectivity index (χ4n) is 3.99. The SMILES string of the molecule is N#Cc1ccccc1-c1ccc(C=Nn2c(-c3cc4cc(Br)ccc4o3)nc3ccccc3c2=O)o1. The van der Waals surface area contributed by atoms with Crippen LogP contribution in [-0.4, -0.2) is 15.9 Å². The van der Waals surface area contributed by atoms with Gasteiger partial charge in [0.25, 0.3) is 5.56 Å². The monoisotopic (exact) mass is 534 g/mol. The molecule has 6 rings (SSSR count). The van der Waals surface area contributed by atoms with E-state index in [2.05, 4.69) is 32.1 Å². The van der Waals surface area contributed by atoms with E-state index in [0.29, 0.717) is 44.9 Å². The molecule has 0 amide bonds. The molecule has 0 unspecified atom stereocenters. The second-order valence-corrected chi connectivity index (χ2v) is 8.88. The second-order valence-electron chi connectivity index (χ2n) is 7.97. The van der Waals surface area contributed by atoms with Gasteiger partial charge in [0, 0.05) is 15.4 Å². The standard InChI is InChI=1S/C28H15BrN4O3/c29-19-9-11-24-18(13-19)14-26(36-24)27-32-23-8-4-3-7-22(23)28(34)33(27)31-16-20-10-12-25(35-20)21-6-2-1-5-17(21)15-30/h1-14,16H. The van der Waals surface area contributed by atoms with Gasteiger partial charge in [-0.2, -0.15) is 15.0 Å². The molecule has 36 heavy (non-hydrogen) atoms. The van der Waals surface area contributed by atoms with Crippen LogP contribution >= 0.6 is 15.9 Å². The molecular weight excluding hydrogens is 520 g/mol. The highest BCUT2D eigenvalue weighted by Gasteiger charge is 2.17. The van der Waals surface area contributed by atoms with Crippen LogP contribution in [-0.2, 0) is 0 Å². The lowest BCUT2D eigenvalue weighted by Gasteiger charge is -2.06. The van der Waals surface area contributed by atoms with Gasteiger partial charge in [-0.25, -0.2) is 4.98 Å². The molecule has 0 aliphatic rings. The fourth-order valence-corrected chi connectivity index (χ4v) is 4.37. The molecule has 3 heterocycles. The first kappa shape index (κ1) is 21.8. The van der Waals surface area contributed by atoms with Crippen LogP contribution in [0, 0.1) is 11.3 Å². The van der Waals surface area contributed by atoms with Gasteiger partial charge in [-0.3, -0.25) is 4.79 Å². The number of para-hydroxylation sites is 1. The molecule has 7 nitrogen and oxygen atoms in total. The van der Waals surface area contributed by atoms with Gasteiger partial charge in [0.15, 0.2) is 5.76 Å². The Balaban J connectivity index is 1.48. The number of hydrogen-bond donors (Lipinski definition) is 0. The summed E-state index contributed by atoms with van der Waals surface area (Å²) >= 11 is 3.47. The van der Waals surface area contributed by atoms with Gasteiger partial charge in [0.1, 0.15) is 17.1 Å². The van der Waals surface area contributed by atoms with Crippen molar-refractivity contribution in [2.24, 2.45) is 5.10 Å². The maximum absolute atomic E-state index is 13.4. The number of hydrogen-bond acceptors (Lipinski definition) is 6. The van der Waals surface area contributed by atoms with Crippen LogP contribution in [0.25, 0.3) is 44.8 Å². The maximum Gasteiger partial charge on any atom is 0.282 e. The summed E-state index contributed by atoms with van der Waals surface area (Å²) in [6, 6.07) is 27.4. The van der Waals surface area contributed by atoms with Gasteiger partial charge in [0.2, 0.25) is 5.82 Å². The molecule has 0 spiro atoms. The Morgan fingerprint density at radius 1 is 0.944 bits per heavy atom. The predicted molar refractivity (Wildman–Crippen MR) is 141 cm³/mol. The van der Waals surface area contributed by atoms with Gasteiger partial charge < -0.3 is 8.83 Å². The Labute approximate surface area is 212 Å². The van der Waals surface area contributed by atoms with Gasteiger partial charge in [-0.1, -0.05) is 40.2 Å². The highest BCUT2D eigenvalue weighted by molar-refractivity contribution is 9.10. The molecule has 0 aliphatic heterocycles. The largest absolute Gasteiger partial charge is 0.455 e. The van der Waals surface area contributed by atoms with Crippen LogP contribution in [0.2, 0.25) is 0 Å². The smallest absolute Gasteiger partial charge is 0.282 e. The Hall–Kier alpha value is -4.74. The summed E-state index contributed by atoms with van der Waals surface area (Å²) < 4.78 is 14.0. The average Bonchev–Trinajstić information content (AvgIpc) is 3.55. The first-order chi connectivity index (χ1) is 17.6. The molecule has 3 aromatic carbocycles. The number of furan rings is 2. The maximum atomic E-state index is 13.4. The third kappa shape index (κ3) is 3.82. The summed E-state index contributed by atoms with van der Waals surface area (Å²) in [5.74, 6) is 1.62. The van der Waals surface area contributed by atoms with Gasteiger partial charge in [0.05, 0.1) is 28.8 Å². The molecule has 0 saturated carbocycles. The highest BCUT2D eigenvalue weighted by atomic mass is 79.9. The molecular formula is C28H15BrN4O3. The van der Waals surface area contributed by atoms with Crippen LogP contribution in [0.3, 0.4) is 0 Å². The molecule has 0 bridgehead atoms.